The molecule has 0 spiro atoms. The predicted octanol–water partition coefficient (Wildman–Crippen LogP) is 3.65. The summed E-state index contributed by atoms with van der Waals surface area (Å²) in [5, 5.41) is 14.8. The molecule has 0 bridgehead atoms. The third-order valence-electron chi connectivity index (χ3n) is 4.64. The maximum absolute atomic E-state index is 12.4. The standard InChI is InChI=1S/C22H25N5O2S/c1-14-10-11-15(2)18(12-14)24-19(28)13-30-22-26-25-20(27(22)4)16(3)23-21(29)17-8-6-5-7-9-17/h5-12,16H,13H2,1-4H3,(H,23,29)(H,24,28)/t16-/m1/s1. The van der Waals surface area contributed by atoms with Crippen LogP contribution in [0.2, 0.25) is 0 Å². The minimum atomic E-state index is -0.326. The Bertz CT molecular complexity index is 1050. The topological polar surface area (TPSA) is 88.9 Å². The number of nitrogens with zero attached hydrogens (tertiary/aromatic N) is 3. The van der Waals surface area contributed by atoms with E-state index in [-0.39, 0.29) is 23.6 Å². The molecule has 2 amide bonds. The average Bonchev–Trinajstić information content (AvgIpc) is 3.10. The zero-order valence-corrected chi connectivity index (χ0v) is 18.3. The van der Waals surface area contributed by atoms with E-state index in [2.05, 4.69) is 20.8 Å². The molecule has 1 atom stereocenters. The van der Waals surface area contributed by atoms with Gasteiger partial charge in [-0.1, -0.05) is 42.1 Å². The van der Waals surface area contributed by atoms with Gasteiger partial charge in [0.25, 0.3) is 5.91 Å². The Morgan fingerprint density at radius 2 is 1.83 bits per heavy atom. The van der Waals surface area contributed by atoms with Crippen LogP contribution >= 0.6 is 11.8 Å². The minimum absolute atomic E-state index is 0.108. The van der Waals surface area contributed by atoms with Gasteiger partial charge in [0.2, 0.25) is 5.91 Å². The molecule has 3 rings (SSSR count). The lowest BCUT2D eigenvalue weighted by Gasteiger charge is -2.13. The van der Waals surface area contributed by atoms with Crippen molar-refractivity contribution in [1.29, 1.82) is 0 Å². The van der Waals surface area contributed by atoms with Crippen LogP contribution in [0, 0.1) is 13.8 Å². The molecular formula is C22H25N5O2S. The molecule has 1 heterocycles. The number of aromatic nitrogens is 3. The lowest BCUT2D eigenvalue weighted by atomic mass is 10.1. The first-order valence-corrected chi connectivity index (χ1v) is 10.6. The van der Waals surface area contributed by atoms with Gasteiger partial charge in [-0.2, -0.15) is 0 Å². The highest BCUT2D eigenvalue weighted by Crippen LogP contribution is 2.21. The Hall–Kier alpha value is -3.13. The number of benzene rings is 2. The molecule has 0 fully saturated rings. The second kappa shape index (κ2) is 9.58. The van der Waals surface area contributed by atoms with Gasteiger partial charge in [-0.3, -0.25) is 9.59 Å². The Balaban J connectivity index is 1.59. The van der Waals surface area contributed by atoms with E-state index in [0.717, 1.165) is 16.8 Å². The maximum Gasteiger partial charge on any atom is 0.251 e. The fourth-order valence-corrected chi connectivity index (χ4v) is 3.67. The van der Waals surface area contributed by atoms with Gasteiger partial charge in [-0.15, -0.1) is 10.2 Å². The molecule has 0 aliphatic carbocycles. The van der Waals surface area contributed by atoms with Gasteiger partial charge in [-0.25, -0.2) is 0 Å². The third kappa shape index (κ3) is 5.27. The van der Waals surface area contributed by atoms with Crippen LogP contribution in [0.25, 0.3) is 0 Å². The van der Waals surface area contributed by atoms with E-state index in [0.29, 0.717) is 16.5 Å². The summed E-state index contributed by atoms with van der Waals surface area (Å²) in [6.07, 6.45) is 0. The third-order valence-corrected chi connectivity index (χ3v) is 5.66. The number of carbonyl (C=O) groups is 2. The first-order chi connectivity index (χ1) is 14.3. The lowest BCUT2D eigenvalue weighted by Crippen LogP contribution is -2.28. The largest absolute Gasteiger partial charge is 0.342 e. The number of amides is 2. The van der Waals surface area contributed by atoms with Crippen molar-refractivity contribution in [3.8, 4) is 0 Å². The zero-order valence-electron chi connectivity index (χ0n) is 17.5. The van der Waals surface area contributed by atoms with Crippen molar-refractivity contribution >= 4 is 29.3 Å². The van der Waals surface area contributed by atoms with Crippen molar-refractivity contribution in [2.45, 2.75) is 32.0 Å². The number of carbonyl (C=O) groups excluding carboxylic acids is 2. The smallest absolute Gasteiger partial charge is 0.251 e. The first kappa shape index (κ1) is 21.6. The summed E-state index contributed by atoms with van der Waals surface area (Å²) in [5.74, 6) is 0.554. The second-order valence-electron chi connectivity index (χ2n) is 7.12. The Morgan fingerprint density at radius 1 is 1.10 bits per heavy atom. The van der Waals surface area contributed by atoms with Crippen molar-refractivity contribution in [2.24, 2.45) is 7.05 Å². The monoisotopic (exact) mass is 423 g/mol. The van der Waals surface area contributed by atoms with Gasteiger partial charge in [0, 0.05) is 18.3 Å². The Labute approximate surface area is 180 Å². The quantitative estimate of drug-likeness (QED) is 0.566. The predicted molar refractivity (Wildman–Crippen MR) is 119 cm³/mol. The molecular weight excluding hydrogens is 398 g/mol. The van der Waals surface area contributed by atoms with E-state index >= 15 is 0 Å². The fraction of sp³-hybridized carbons (Fsp3) is 0.273. The highest BCUT2D eigenvalue weighted by atomic mass is 32.2. The van der Waals surface area contributed by atoms with Gasteiger partial charge in [0.05, 0.1) is 11.8 Å². The summed E-state index contributed by atoms with van der Waals surface area (Å²) in [5.41, 5.74) is 3.51. The van der Waals surface area contributed by atoms with Crippen molar-refractivity contribution in [3.05, 3.63) is 71.0 Å². The van der Waals surface area contributed by atoms with Crippen molar-refractivity contribution in [3.63, 3.8) is 0 Å². The summed E-state index contributed by atoms with van der Waals surface area (Å²) in [7, 11) is 1.82. The lowest BCUT2D eigenvalue weighted by molar-refractivity contribution is -0.113. The summed E-state index contributed by atoms with van der Waals surface area (Å²) in [4.78, 5) is 24.7. The molecule has 8 heteroatoms. The van der Waals surface area contributed by atoms with E-state index in [9.17, 15) is 9.59 Å². The van der Waals surface area contributed by atoms with Gasteiger partial charge < -0.3 is 15.2 Å². The second-order valence-corrected chi connectivity index (χ2v) is 8.06. The number of anilines is 1. The molecule has 7 nitrogen and oxygen atoms in total. The maximum atomic E-state index is 12.4. The van der Waals surface area contributed by atoms with Crippen LogP contribution in [-0.4, -0.2) is 32.3 Å². The van der Waals surface area contributed by atoms with E-state index in [1.165, 1.54) is 11.8 Å². The molecule has 2 N–H and O–H groups in total. The zero-order chi connectivity index (χ0) is 21.7. The Morgan fingerprint density at radius 3 is 2.57 bits per heavy atom. The van der Waals surface area contributed by atoms with Crippen molar-refractivity contribution < 1.29 is 9.59 Å². The number of aryl methyl sites for hydroxylation is 2. The molecule has 0 aliphatic heterocycles. The van der Waals surface area contributed by atoms with Crippen molar-refractivity contribution in [1.82, 2.24) is 20.1 Å². The number of thioether (sulfide) groups is 1. The van der Waals surface area contributed by atoms with E-state index in [1.807, 2.05) is 64.2 Å². The summed E-state index contributed by atoms with van der Waals surface area (Å²) in [6, 6.07) is 14.6. The van der Waals surface area contributed by atoms with Crippen LogP contribution in [0.1, 0.15) is 40.3 Å². The summed E-state index contributed by atoms with van der Waals surface area (Å²) < 4.78 is 1.80. The van der Waals surface area contributed by atoms with Crippen LogP contribution < -0.4 is 10.6 Å². The molecule has 0 aliphatic rings. The molecule has 30 heavy (non-hydrogen) atoms. The van der Waals surface area contributed by atoms with E-state index in [1.54, 1.807) is 16.7 Å². The Kier molecular flexibility index (Phi) is 6.89. The van der Waals surface area contributed by atoms with Crippen LogP contribution in [0.4, 0.5) is 5.69 Å². The SMILES string of the molecule is Cc1ccc(C)c(NC(=O)CSc2nnc([C@@H](C)NC(=O)c3ccccc3)n2C)c1. The molecule has 3 aromatic rings. The van der Waals surface area contributed by atoms with Gasteiger partial charge in [0.1, 0.15) is 0 Å². The molecule has 0 radical (unpaired) electrons. The summed E-state index contributed by atoms with van der Waals surface area (Å²) >= 11 is 1.30. The molecule has 2 aromatic carbocycles. The molecule has 156 valence electrons. The molecule has 0 saturated heterocycles. The number of hydrogen-bond donors (Lipinski definition) is 2. The molecule has 1 aromatic heterocycles. The normalized spacial score (nSPS) is 11.7. The van der Waals surface area contributed by atoms with Gasteiger partial charge in [0.15, 0.2) is 11.0 Å². The van der Waals surface area contributed by atoms with Gasteiger partial charge in [-0.05, 0) is 50.1 Å². The van der Waals surface area contributed by atoms with Crippen molar-refractivity contribution in [2.75, 3.05) is 11.1 Å². The number of hydrogen-bond acceptors (Lipinski definition) is 5. The number of nitrogens with one attached hydrogen (secondary N) is 2. The van der Waals surface area contributed by atoms with Crippen LogP contribution in [-0.2, 0) is 11.8 Å². The highest BCUT2D eigenvalue weighted by Gasteiger charge is 2.19. The summed E-state index contributed by atoms with van der Waals surface area (Å²) in [6.45, 7) is 5.80. The molecule has 0 unspecified atom stereocenters. The fourth-order valence-electron chi connectivity index (χ4n) is 2.95. The van der Waals surface area contributed by atoms with E-state index in [4.69, 9.17) is 0 Å². The minimum Gasteiger partial charge on any atom is -0.342 e. The van der Waals surface area contributed by atoms with Crippen LogP contribution in [0.5, 0.6) is 0 Å². The van der Waals surface area contributed by atoms with Crippen LogP contribution in [0.15, 0.2) is 53.7 Å². The molecule has 0 saturated carbocycles. The van der Waals surface area contributed by atoms with Gasteiger partial charge >= 0.3 is 0 Å². The first-order valence-electron chi connectivity index (χ1n) is 9.60. The average molecular weight is 424 g/mol. The van der Waals surface area contributed by atoms with Crippen LogP contribution in [0.3, 0.4) is 0 Å². The highest BCUT2D eigenvalue weighted by molar-refractivity contribution is 7.99. The van der Waals surface area contributed by atoms with E-state index < -0.39 is 0 Å². The number of rotatable bonds is 7.